The molecular weight excluding hydrogens is 358 g/mol. The van der Waals surface area contributed by atoms with Crippen LogP contribution in [0.1, 0.15) is 17.5 Å². The molecule has 1 aromatic carbocycles. The summed E-state index contributed by atoms with van der Waals surface area (Å²) in [6.45, 7) is 4.84. The smallest absolute Gasteiger partial charge is 0.329 e. The topological polar surface area (TPSA) is 82.9 Å². The molecule has 2 aromatic rings. The number of morpholine rings is 1. The fourth-order valence-corrected chi connectivity index (χ4v) is 3.04. The third-order valence-corrected chi connectivity index (χ3v) is 4.88. The minimum absolute atomic E-state index is 0.351. The van der Waals surface area contributed by atoms with E-state index >= 15 is 0 Å². The molecule has 8 heteroatoms. The molecule has 150 valence electrons. The molecule has 0 amide bonds. The molecule has 1 saturated heterocycles. The SMILES string of the molecule is CN(/N=C/c1ccc(CCCN2CCOCC2)cc1)c1cc(=O)n(C)c(=O)[nH]1. The number of hydrogen-bond donors (Lipinski definition) is 1. The number of nitrogens with zero attached hydrogens (tertiary/aromatic N) is 4. The second-order valence-electron chi connectivity index (χ2n) is 6.92. The van der Waals surface area contributed by atoms with Crippen molar-refractivity contribution in [2.75, 3.05) is 44.9 Å². The number of ether oxygens (including phenoxy) is 1. The number of H-pyrrole nitrogens is 1. The van der Waals surface area contributed by atoms with E-state index < -0.39 is 5.69 Å². The van der Waals surface area contributed by atoms with Crippen LogP contribution in [-0.4, -0.2) is 60.6 Å². The second kappa shape index (κ2) is 9.48. The Bertz CT molecular complexity index is 879. The van der Waals surface area contributed by atoms with Crippen LogP contribution in [0.15, 0.2) is 45.0 Å². The molecule has 1 aliphatic heterocycles. The van der Waals surface area contributed by atoms with Crippen LogP contribution >= 0.6 is 0 Å². The highest BCUT2D eigenvalue weighted by molar-refractivity contribution is 5.80. The van der Waals surface area contributed by atoms with Crippen molar-refractivity contribution in [3.05, 3.63) is 62.3 Å². The summed E-state index contributed by atoms with van der Waals surface area (Å²) in [4.78, 5) is 28.5. The van der Waals surface area contributed by atoms with Gasteiger partial charge in [-0.3, -0.25) is 24.3 Å². The van der Waals surface area contributed by atoms with E-state index in [2.05, 4.69) is 27.1 Å². The lowest BCUT2D eigenvalue weighted by atomic mass is 10.1. The first-order chi connectivity index (χ1) is 13.5. The molecule has 0 spiro atoms. The predicted molar refractivity (Wildman–Crippen MR) is 110 cm³/mol. The Balaban J connectivity index is 1.53. The fraction of sp³-hybridized carbons (Fsp3) is 0.450. The molecule has 2 heterocycles. The van der Waals surface area contributed by atoms with E-state index in [0.29, 0.717) is 5.82 Å². The summed E-state index contributed by atoms with van der Waals surface area (Å²) in [7, 11) is 3.11. The molecule has 1 N–H and O–H groups in total. The van der Waals surface area contributed by atoms with E-state index in [0.717, 1.165) is 55.8 Å². The number of rotatable bonds is 7. The molecule has 0 radical (unpaired) electrons. The maximum absolute atomic E-state index is 11.7. The summed E-state index contributed by atoms with van der Waals surface area (Å²) >= 11 is 0. The molecule has 0 atom stereocenters. The minimum atomic E-state index is -0.467. The van der Waals surface area contributed by atoms with E-state index in [1.807, 2.05) is 12.1 Å². The van der Waals surface area contributed by atoms with Crippen molar-refractivity contribution < 1.29 is 4.74 Å². The first-order valence-electron chi connectivity index (χ1n) is 9.50. The number of anilines is 1. The Hall–Kier alpha value is -2.71. The van der Waals surface area contributed by atoms with Crippen molar-refractivity contribution in [2.45, 2.75) is 12.8 Å². The van der Waals surface area contributed by atoms with E-state index in [4.69, 9.17) is 4.74 Å². The fourth-order valence-electron chi connectivity index (χ4n) is 3.04. The zero-order valence-electron chi connectivity index (χ0n) is 16.4. The standard InChI is InChI=1S/C20H27N5O3/c1-23-19(26)14-18(22-20(23)27)24(2)21-15-17-7-5-16(6-8-17)4-3-9-25-10-12-28-13-11-25/h5-8,14-15H,3-4,9-13H2,1-2H3,(H,22,27)/b21-15+. The van der Waals surface area contributed by atoms with E-state index in [9.17, 15) is 9.59 Å². The predicted octanol–water partition coefficient (Wildman–Crippen LogP) is 0.809. The molecular formula is C20H27N5O3. The molecule has 0 unspecified atom stereocenters. The summed E-state index contributed by atoms with van der Waals surface area (Å²) in [6.07, 6.45) is 3.88. The van der Waals surface area contributed by atoms with Gasteiger partial charge < -0.3 is 4.74 Å². The van der Waals surface area contributed by atoms with Gasteiger partial charge in [-0.05, 0) is 30.5 Å². The van der Waals surface area contributed by atoms with Gasteiger partial charge in [-0.1, -0.05) is 24.3 Å². The van der Waals surface area contributed by atoms with Gasteiger partial charge in [0.25, 0.3) is 5.56 Å². The van der Waals surface area contributed by atoms with Crippen molar-refractivity contribution in [1.29, 1.82) is 0 Å². The summed E-state index contributed by atoms with van der Waals surface area (Å²) in [5.41, 5.74) is 1.41. The average Bonchev–Trinajstić information content (AvgIpc) is 2.71. The Labute approximate surface area is 164 Å². The molecule has 1 fully saturated rings. The van der Waals surface area contributed by atoms with Crippen LogP contribution in [0.2, 0.25) is 0 Å². The van der Waals surface area contributed by atoms with Gasteiger partial charge in [0.15, 0.2) is 0 Å². The largest absolute Gasteiger partial charge is 0.379 e. The van der Waals surface area contributed by atoms with Crippen molar-refractivity contribution >= 4 is 12.0 Å². The molecule has 0 saturated carbocycles. The van der Waals surface area contributed by atoms with Crippen LogP contribution in [-0.2, 0) is 18.2 Å². The van der Waals surface area contributed by atoms with Crippen molar-refractivity contribution in [3.8, 4) is 0 Å². The highest BCUT2D eigenvalue weighted by atomic mass is 16.5. The zero-order chi connectivity index (χ0) is 19.9. The molecule has 0 bridgehead atoms. The van der Waals surface area contributed by atoms with Crippen LogP contribution < -0.4 is 16.3 Å². The number of aromatic nitrogens is 2. The van der Waals surface area contributed by atoms with Gasteiger partial charge in [0.1, 0.15) is 5.82 Å². The summed E-state index contributed by atoms with van der Waals surface area (Å²) in [6, 6.07) is 9.61. The highest BCUT2D eigenvalue weighted by Crippen LogP contribution is 2.08. The second-order valence-corrected chi connectivity index (χ2v) is 6.92. The lowest BCUT2D eigenvalue weighted by Gasteiger charge is -2.26. The number of aryl methyl sites for hydroxylation is 1. The Kier molecular flexibility index (Phi) is 6.78. The Morgan fingerprint density at radius 1 is 1.21 bits per heavy atom. The number of hydrazone groups is 1. The molecule has 8 nitrogen and oxygen atoms in total. The third-order valence-electron chi connectivity index (χ3n) is 4.88. The van der Waals surface area contributed by atoms with Gasteiger partial charge in [0, 0.05) is 33.3 Å². The average molecular weight is 385 g/mol. The van der Waals surface area contributed by atoms with Crippen LogP contribution in [0.25, 0.3) is 0 Å². The van der Waals surface area contributed by atoms with E-state index in [1.54, 1.807) is 13.3 Å². The van der Waals surface area contributed by atoms with Crippen LogP contribution in [0.5, 0.6) is 0 Å². The third kappa shape index (κ3) is 5.40. The van der Waals surface area contributed by atoms with E-state index in [-0.39, 0.29) is 5.56 Å². The van der Waals surface area contributed by atoms with Crippen LogP contribution in [0.3, 0.4) is 0 Å². The Morgan fingerprint density at radius 2 is 1.93 bits per heavy atom. The number of nitrogens with one attached hydrogen (secondary N) is 1. The molecule has 1 aliphatic rings. The zero-order valence-corrected chi connectivity index (χ0v) is 16.4. The Morgan fingerprint density at radius 3 is 2.61 bits per heavy atom. The van der Waals surface area contributed by atoms with Crippen molar-refractivity contribution in [2.24, 2.45) is 12.1 Å². The van der Waals surface area contributed by atoms with Gasteiger partial charge in [0.2, 0.25) is 0 Å². The van der Waals surface area contributed by atoms with Crippen molar-refractivity contribution in [1.82, 2.24) is 14.5 Å². The number of benzene rings is 1. The molecule has 28 heavy (non-hydrogen) atoms. The monoisotopic (exact) mass is 385 g/mol. The minimum Gasteiger partial charge on any atom is -0.379 e. The number of hydrogen-bond acceptors (Lipinski definition) is 6. The molecule has 0 aliphatic carbocycles. The first-order valence-corrected chi connectivity index (χ1v) is 9.50. The maximum atomic E-state index is 11.7. The van der Waals surface area contributed by atoms with Crippen molar-refractivity contribution in [3.63, 3.8) is 0 Å². The van der Waals surface area contributed by atoms with Gasteiger partial charge in [-0.25, -0.2) is 4.79 Å². The molecule has 1 aromatic heterocycles. The lowest BCUT2D eigenvalue weighted by molar-refractivity contribution is 0.0375. The normalized spacial score (nSPS) is 15.2. The summed E-state index contributed by atoms with van der Waals surface area (Å²) in [5, 5.41) is 5.77. The highest BCUT2D eigenvalue weighted by Gasteiger charge is 2.09. The van der Waals surface area contributed by atoms with Gasteiger partial charge in [0.05, 0.1) is 19.4 Å². The molecule has 3 rings (SSSR count). The number of aromatic amines is 1. The van der Waals surface area contributed by atoms with Gasteiger partial charge in [-0.2, -0.15) is 5.10 Å². The maximum Gasteiger partial charge on any atom is 0.329 e. The summed E-state index contributed by atoms with van der Waals surface area (Å²) < 4.78 is 6.38. The quantitative estimate of drug-likeness (QED) is 0.563. The summed E-state index contributed by atoms with van der Waals surface area (Å²) in [5.74, 6) is 0.351. The lowest BCUT2D eigenvalue weighted by Crippen LogP contribution is -2.36. The van der Waals surface area contributed by atoms with Gasteiger partial charge >= 0.3 is 5.69 Å². The first kappa shape index (κ1) is 20.0. The van der Waals surface area contributed by atoms with Gasteiger partial charge in [-0.15, -0.1) is 0 Å². The van der Waals surface area contributed by atoms with Crippen LogP contribution in [0.4, 0.5) is 5.82 Å². The van der Waals surface area contributed by atoms with Crippen LogP contribution in [0, 0.1) is 0 Å². The van der Waals surface area contributed by atoms with E-state index in [1.165, 1.54) is 23.7 Å².